The highest BCUT2D eigenvalue weighted by atomic mass is 35.5. The Hall–Kier alpha value is -2.90. The molecule has 1 aliphatic carbocycles. The average Bonchev–Trinajstić information content (AvgIpc) is 3.43. The zero-order valence-corrected chi connectivity index (χ0v) is 19.4. The van der Waals surface area contributed by atoms with E-state index in [9.17, 15) is 4.79 Å². The largest absolute Gasteiger partial charge is 0.477 e. The van der Waals surface area contributed by atoms with Gasteiger partial charge in [-0.3, -0.25) is 9.13 Å². The molecule has 2 aliphatic rings. The molecule has 1 saturated heterocycles. The summed E-state index contributed by atoms with van der Waals surface area (Å²) in [6, 6.07) is 5.78. The second kappa shape index (κ2) is 9.15. The highest BCUT2D eigenvalue weighted by Crippen LogP contribution is 2.36. The number of fused-ring (bicyclic) bond motifs is 1. The van der Waals surface area contributed by atoms with Crippen molar-refractivity contribution in [2.24, 2.45) is 5.92 Å². The van der Waals surface area contributed by atoms with Crippen molar-refractivity contribution in [1.82, 2.24) is 19.1 Å². The first-order chi connectivity index (χ1) is 16.1. The van der Waals surface area contributed by atoms with Crippen LogP contribution in [-0.2, 0) is 11.3 Å². The summed E-state index contributed by atoms with van der Waals surface area (Å²) in [5.41, 5.74) is 2.27. The van der Waals surface area contributed by atoms with Crippen LogP contribution in [0.25, 0.3) is 23.1 Å². The monoisotopic (exact) mass is 466 g/mol. The number of hydrogen-bond donors (Lipinski definition) is 0. The molecule has 1 saturated carbocycles. The maximum atomic E-state index is 13.4. The van der Waals surface area contributed by atoms with Crippen LogP contribution in [0.5, 0.6) is 5.88 Å². The molecule has 3 heterocycles. The van der Waals surface area contributed by atoms with E-state index in [2.05, 4.69) is 6.58 Å². The highest BCUT2D eigenvalue weighted by molar-refractivity contribution is 6.35. The Labute approximate surface area is 197 Å². The zero-order chi connectivity index (χ0) is 22.9. The molecule has 2 aromatic heterocycles. The number of rotatable bonds is 8. The van der Waals surface area contributed by atoms with Gasteiger partial charge in [-0.05, 0) is 50.5 Å². The summed E-state index contributed by atoms with van der Waals surface area (Å²) in [7, 11) is 0. The summed E-state index contributed by atoms with van der Waals surface area (Å²) in [4.78, 5) is 22.8. The Kier molecular flexibility index (Phi) is 6.08. The number of allylic oxidation sites excluding steroid dienone is 1. The number of halogens is 1. The molecule has 172 valence electrons. The first-order valence-corrected chi connectivity index (χ1v) is 11.7. The van der Waals surface area contributed by atoms with E-state index in [0.29, 0.717) is 46.8 Å². The van der Waals surface area contributed by atoms with Crippen LogP contribution in [0.4, 0.5) is 0 Å². The van der Waals surface area contributed by atoms with E-state index in [0.717, 1.165) is 37.3 Å². The topological polar surface area (TPSA) is 71.2 Å². The molecule has 1 unspecified atom stereocenters. The Morgan fingerprint density at radius 3 is 2.82 bits per heavy atom. The fourth-order valence-corrected chi connectivity index (χ4v) is 4.61. The van der Waals surface area contributed by atoms with Crippen LogP contribution in [-0.4, -0.2) is 38.9 Å². The molecule has 2 fully saturated rings. The third kappa shape index (κ3) is 4.23. The standard InChI is InChI=1S/C25H27ClN4O3/c1-3-6-21-20(4-2)29(25(31)30(21)17-9-10-17)13-22-27-19-8-5-7-18(26)23(19)24(28-22)33-15-16-11-12-32-14-16/h3-8,16-17H,2,9-15H2,1H3/b6-3-. The normalized spacial score (nSPS) is 18.4. The van der Waals surface area contributed by atoms with Crippen molar-refractivity contribution in [1.29, 1.82) is 0 Å². The predicted molar refractivity (Wildman–Crippen MR) is 130 cm³/mol. The van der Waals surface area contributed by atoms with Gasteiger partial charge >= 0.3 is 5.69 Å². The van der Waals surface area contributed by atoms with Crippen molar-refractivity contribution in [3.05, 3.63) is 63.6 Å². The summed E-state index contributed by atoms with van der Waals surface area (Å²) in [5.74, 6) is 1.26. The van der Waals surface area contributed by atoms with E-state index in [1.807, 2.05) is 35.8 Å². The Balaban J connectivity index is 1.56. The van der Waals surface area contributed by atoms with E-state index in [-0.39, 0.29) is 18.3 Å². The van der Waals surface area contributed by atoms with Gasteiger partial charge in [0.1, 0.15) is 0 Å². The Morgan fingerprint density at radius 1 is 1.27 bits per heavy atom. The predicted octanol–water partition coefficient (Wildman–Crippen LogP) is 4.72. The third-order valence-corrected chi connectivity index (χ3v) is 6.46. The quantitative estimate of drug-likeness (QED) is 0.480. The van der Waals surface area contributed by atoms with Gasteiger partial charge in [0, 0.05) is 18.6 Å². The lowest BCUT2D eigenvalue weighted by Crippen LogP contribution is -2.26. The molecule has 0 spiro atoms. The van der Waals surface area contributed by atoms with E-state index < -0.39 is 0 Å². The fourth-order valence-electron chi connectivity index (χ4n) is 4.36. The molecule has 8 heteroatoms. The van der Waals surface area contributed by atoms with Crippen molar-refractivity contribution in [2.75, 3.05) is 19.8 Å². The van der Waals surface area contributed by atoms with E-state index in [4.69, 9.17) is 31.0 Å². The van der Waals surface area contributed by atoms with Gasteiger partial charge in [-0.2, -0.15) is 4.98 Å². The lowest BCUT2D eigenvalue weighted by atomic mass is 10.1. The molecule has 1 aromatic carbocycles. The van der Waals surface area contributed by atoms with Crippen LogP contribution >= 0.6 is 11.6 Å². The molecule has 3 aromatic rings. The maximum Gasteiger partial charge on any atom is 0.329 e. The molecule has 0 amide bonds. The summed E-state index contributed by atoms with van der Waals surface area (Å²) >= 11 is 6.48. The van der Waals surface area contributed by atoms with Gasteiger partial charge < -0.3 is 9.47 Å². The minimum Gasteiger partial charge on any atom is -0.477 e. The van der Waals surface area contributed by atoms with Gasteiger partial charge in [0.15, 0.2) is 5.82 Å². The minimum atomic E-state index is -0.0686. The van der Waals surface area contributed by atoms with Crippen molar-refractivity contribution >= 4 is 34.7 Å². The van der Waals surface area contributed by atoms with Crippen LogP contribution in [0, 0.1) is 5.92 Å². The van der Waals surface area contributed by atoms with Crippen molar-refractivity contribution in [3.8, 4) is 5.88 Å². The molecule has 1 atom stereocenters. The summed E-state index contributed by atoms with van der Waals surface area (Å²) < 4.78 is 15.2. The fraction of sp³-hybridized carbons (Fsp3) is 0.400. The number of nitrogens with zero attached hydrogens (tertiary/aromatic N) is 4. The molecule has 5 rings (SSSR count). The summed E-state index contributed by atoms with van der Waals surface area (Å²) in [6.07, 6.45) is 8.62. The van der Waals surface area contributed by atoms with E-state index in [1.54, 1.807) is 16.7 Å². The highest BCUT2D eigenvalue weighted by Gasteiger charge is 2.30. The first-order valence-electron chi connectivity index (χ1n) is 11.4. The van der Waals surface area contributed by atoms with Gasteiger partial charge in [0.2, 0.25) is 5.88 Å². The molecule has 0 N–H and O–H groups in total. The SMILES string of the molecule is C=Cc1c(/C=C\C)n(C2CC2)c(=O)n1Cc1nc(OCC2CCOC2)c2c(Cl)cccc2n1. The molecule has 7 nitrogen and oxygen atoms in total. The number of aromatic nitrogens is 4. The molecular formula is C25H27ClN4O3. The zero-order valence-electron chi connectivity index (χ0n) is 18.7. The summed E-state index contributed by atoms with van der Waals surface area (Å²) in [5, 5.41) is 1.22. The molecule has 0 radical (unpaired) electrons. The smallest absolute Gasteiger partial charge is 0.329 e. The van der Waals surface area contributed by atoms with Crippen LogP contribution in [0.15, 0.2) is 35.6 Å². The Morgan fingerprint density at radius 2 is 2.12 bits per heavy atom. The van der Waals surface area contributed by atoms with Gasteiger partial charge in [-0.15, -0.1) is 0 Å². The van der Waals surface area contributed by atoms with Gasteiger partial charge in [0.05, 0.1) is 47.1 Å². The number of ether oxygens (including phenoxy) is 2. The molecule has 1 aliphatic heterocycles. The first kappa shape index (κ1) is 21.9. The van der Waals surface area contributed by atoms with Crippen molar-refractivity contribution in [2.45, 2.75) is 38.8 Å². The summed E-state index contributed by atoms with van der Waals surface area (Å²) in [6.45, 7) is 8.06. The lowest BCUT2D eigenvalue weighted by Gasteiger charge is -2.14. The molecular weight excluding hydrogens is 440 g/mol. The van der Waals surface area contributed by atoms with E-state index in [1.165, 1.54) is 0 Å². The van der Waals surface area contributed by atoms with Crippen LogP contribution in [0.3, 0.4) is 0 Å². The lowest BCUT2D eigenvalue weighted by molar-refractivity contribution is 0.166. The number of benzene rings is 1. The maximum absolute atomic E-state index is 13.4. The van der Waals surface area contributed by atoms with Crippen molar-refractivity contribution in [3.63, 3.8) is 0 Å². The van der Waals surface area contributed by atoms with Gasteiger partial charge in [-0.25, -0.2) is 9.78 Å². The third-order valence-electron chi connectivity index (χ3n) is 6.14. The second-order valence-electron chi connectivity index (χ2n) is 8.56. The van der Waals surface area contributed by atoms with Gasteiger partial charge in [0.25, 0.3) is 0 Å². The number of hydrogen-bond acceptors (Lipinski definition) is 5. The van der Waals surface area contributed by atoms with Crippen molar-refractivity contribution < 1.29 is 9.47 Å². The molecule has 0 bridgehead atoms. The molecule has 33 heavy (non-hydrogen) atoms. The van der Waals surface area contributed by atoms with Gasteiger partial charge in [-0.1, -0.05) is 30.3 Å². The Bertz CT molecular complexity index is 1280. The van der Waals surface area contributed by atoms with E-state index >= 15 is 0 Å². The average molecular weight is 467 g/mol. The van der Waals surface area contributed by atoms with Crippen LogP contribution in [0.1, 0.15) is 49.4 Å². The number of imidazole rings is 1. The van der Waals surface area contributed by atoms with Crippen LogP contribution < -0.4 is 10.4 Å². The minimum absolute atomic E-state index is 0.0686. The second-order valence-corrected chi connectivity index (χ2v) is 8.97. The van der Waals surface area contributed by atoms with Crippen LogP contribution in [0.2, 0.25) is 5.02 Å².